The predicted octanol–water partition coefficient (Wildman–Crippen LogP) is 3.96. The van der Waals surface area contributed by atoms with E-state index in [1.807, 2.05) is 18.3 Å². The van der Waals surface area contributed by atoms with Gasteiger partial charge in [-0.05, 0) is 61.2 Å². The molecule has 1 saturated heterocycles. The molecule has 1 aliphatic rings. The molecule has 0 aliphatic carbocycles. The van der Waals surface area contributed by atoms with E-state index in [0.717, 1.165) is 5.56 Å². The minimum absolute atomic E-state index is 0.0177. The van der Waals surface area contributed by atoms with Crippen LogP contribution in [-0.2, 0) is 14.3 Å². The number of benzene rings is 2. The Kier molecular flexibility index (Phi) is 9.33. The van der Waals surface area contributed by atoms with E-state index < -0.39 is 23.5 Å². The number of imide groups is 1. The first-order valence-corrected chi connectivity index (χ1v) is 11.9. The van der Waals surface area contributed by atoms with Crippen molar-refractivity contribution in [3.63, 3.8) is 0 Å². The fourth-order valence-corrected chi connectivity index (χ4v) is 4.03. The van der Waals surface area contributed by atoms with Crippen LogP contribution < -0.4 is 16.0 Å². The molecule has 0 radical (unpaired) electrons. The van der Waals surface area contributed by atoms with Gasteiger partial charge in [0.1, 0.15) is 17.4 Å². The highest BCUT2D eigenvalue weighted by molar-refractivity contribution is 5.85. The standard InChI is InChI=1S/C27H29F2N5O3/c1-3-4-24(19-8-6-18(13-30)7-9-19)37-27(31)33-20-14-34(15-20)21-11-22(28)26(23(29)12-21)17(2)5-10-25(36)32-16-35/h4,6-9,11-12,16-17,20H,3,5,10,14-15H2,1-2H3,(H2,31,33)(H,32,35,36)/b24-4+. The van der Waals surface area contributed by atoms with Crippen molar-refractivity contribution in [3.05, 3.63) is 70.8 Å². The molecule has 1 heterocycles. The van der Waals surface area contributed by atoms with Crippen molar-refractivity contribution in [2.45, 2.75) is 45.1 Å². The number of hydrogen-bond acceptors (Lipinski definition) is 6. The van der Waals surface area contributed by atoms with Crippen LogP contribution in [0.5, 0.6) is 0 Å². The zero-order chi connectivity index (χ0) is 26.9. The van der Waals surface area contributed by atoms with Crippen LogP contribution in [0.25, 0.3) is 5.76 Å². The number of nitrogens with zero attached hydrogens (tertiary/aromatic N) is 3. The summed E-state index contributed by atoms with van der Waals surface area (Å²) in [4.78, 5) is 27.9. The third kappa shape index (κ3) is 7.13. The van der Waals surface area contributed by atoms with E-state index >= 15 is 0 Å². The van der Waals surface area contributed by atoms with Crippen molar-refractivity contribution in [1.29, 1.82) is 5.26 Å². The molecule has 1 fully saturated rings. The highest BCUT2D eigenvalue weighted by Crippen LogP contribution is 2.32. The quantitative estimate of drug-likeness (QED) is 0.216. The monoisotopic (exact) mass is 509 g/mol. The average molecular weight is 510 g/mol. The molecule has 2 aromatic rings. The first kappa shape index (κ1) is 27.3. The number of amidine groups is 1. The SMILES string of the molecule is CC/C=C(/OC(N)=NC1CN(c2cc(F)c(C(C)CCC(=O)NC=O)c(F)c2)C1)c1ccc(C#N)cc1. The Morgan fingerprint density at radius 2 is 1.95 bits per heavy atom. The molecule has 8 nitrogen and oxygen atoms in total. The van der Waals surface area contributed by atoms with E-state index in [4.69, 9.17) is 15.7 Å². The molecule has 37 heavy (non-hydrogen) atoms. The number of nitriles is 1. The highest BCUT2D eigenvalue weighted by atomic mass is 19.1. The van der Waals surface area contributed by atoms with Gasteiger partial charge in [-0.25, -0.2) is 13.8 Å². The van der Waals surface area contributed by atoms with Gasteiger partial charge in [-0.1, -0.05) is 13.8 Å². The normalized spacial score (nSPS) is 14.9. The number of nitrogens with one attached hydrogen (secondary N) is 1. The zero-order valence-corrected chi connectivity index (χ0v) is 20.7. The number of nitrogens with two attached hydrogens (primary N) is 1. The van der Waals surface area contributed by atoms with E-state index in [2.05, 4.69) is 11.1 Å². The Morgan fingerprint density at radius 1 is 1.30 bits per heavy atom. The number of anilines is 1. The molecule has 0 bridgehead atoms. The maximum absolute atomic E-state index is 14.8. The second-order valence-corrected chi connectivity index (χ2v) is 8.74. The molecule has 1 aliphatic heterocycles. The van der Waals surface area contributed by atoms with Crippen molar-refractivity contribution in [3.8, 4) is 6.07 Å². The highest BCUT2D eigenvalue weighted by Gasteiger charge is 2.29. The van der Waals surface area contributed by atoms with Crippen LogP contribution in [0, 0.1) is 23.0 Å². The lowest BCUT2D eigenvalue weighted by Gasteiger charge is -2.39. The van der Waals surface area contributed by atoms with Crippen LogP contribution in [0.1, 0.15) is 55.7 Å². The summed E-state index contributed by atoms with van der Waals surface area (Å²) in [6.07, 6.45) is 3.03. The van der Waals surface area contributed by atoms with Gasteiger partial charge in [0.25, 0.3) is 6.02 Å². The molecule has 3 rings (SSSR count). The molecule has 1 atom stereocenters. The Morgan fingerprint density at radius 3 is 2.51 bits per heavy atom. The first-order valence-electron chi connectivity index (χ1n) is 11.9. The number of carbonyl (C=O) groups excluding carboxylic acids is 2. The van der Waals surface area contributed by atoms with Crippen LogP contribution in [0.3, 0.4) is 0 Å². The summed E-state index contributed by atoms with van der Waals surface area (Å²) in [6.45, 7) is 4.41. The van der Waals surface area contributed by atoms with Gasteiger partial charge in [-0.2, -0.15) is 5.26 Å². The minimum atomic E-state index is -0.690. The summed E-state index contributed by atoms with van der Waals surface area (Å²) >= 11 is 0. The third-order valence-corrected chi connectivity index (χ3v) is 6.02. The molecule has 0 saturated carbocycles. The number of ether oxygens (including phenoxy) is 1. The summed E-state index contributed by atoms with van der Waals surface area (Å²) in [7, 11) is 0. The van der Waals surface area contributed by atoms with Crippen LogP contribution in [-0.4, -0.2) is 37.5 Å². The van der Waals surface area contributed by atoms with E-state index in [1.54, 1.807) is 36.1 Å². The van der Waals surface area contributed by atoms with Crippen molar-refractivity contribution in [2.75, 3.05) is 18.0 Å². The van der Waals surface area contributed by atoms with E-state index in [9.17, 15) is 18.4 Å². The Balaban J connectivity index is 1.60. The fraction of sp³-hybridized carbons (Fsp3) is 0.333. The number of aliphatic imine (C=N–C) groups is 1. The van der Waals surface area contributed by atoms with Crippen molar-refractivity contribution >= 4 is 29.8 Å². The fourth-order valence-electron chi connectivity index (χ4n) is 4.03. The Bertz CT molecular complexity index is 1210. The predicted molar refractivity (Wildman–Crippen MR) is 136 cm³/mol. The Labute approximate surface area is 214 Å². The third-order valence-electron chi connectivity index (χ3n) is 6.02. The van der Waals surface area contributed by atoms with Crippen molar-refractivity contribution in [1.82, 2.24) is 5.32 Å². The minimum Gasteiger partial charge on any atom is -0.426 e. The number of allylic oxidation sites excluding steroid dienone is 1. The first-order chi connectivity index (χ1) is 17.7. The number of amides is 2. The number of halogens is 2. The van der Waals surface area contributed by atoms with E-state index in [1.165, 1.54) is 12.1 Å². The molecular formula is C27H29F2N5O3. The summed E-state index contributed by atoms with van der Waals surface area (Å²) in [6, 6.07) is 11.3. The average Bonchev–Trinajstić information content (AvgIpc) is 2.84. The second-order valence-electron chi connectivity index (χ2n) is 8.74. The van der Waals surface area contributed by atoms with Crippen LogP contribution >= 0.6 is 0 Å². The molecule has 2 aromatic carbocycles. The smallest absolute Gasteiger partial charge is 0.287 e. The summed E-state index contributed by atoms with van der Waals surface area (Å²) in [5.41, 5.74) is 7.61. The molecule has 0 spiro atoms. The zero-order valence-electron chi connectivity index (χ0n) is 20.7. The van der Waals surface area contributed by atoms with Crippen molar-refractivity contribution < 1.29 is 23.1 Å². The van der Waals surface area contributed by atoms with Crippen LogP contribution in [0.15, 0.2) is 47.5 Å². The molecule has 3 N–H and O–H groups in total. The van der Waals surface area contributed by atoms with Gasteiger partial charge in [0, 0.05) is 36.3 Å². The molecule has 0 aromatic heterocycles. The number of carbonyl (C=O) groups is 2. The topological polar surface area (TPSA) is 121 Å². The summed E-state index contributed by atoms with van der Waals surface area (Å²) in [5, 5.41) is 11.0. The molecule has 194 valence electrons. The lowest BCUT2D eigenvalue weighted by atomic mass is 9.94. The second kappa shape index (κ2) is 12.6. The van der Waals surface area contributed by atoms with Crippen molar-refractivity contribution in [2.24, 2.45) is 10.7 Å². The van der Waals surface area contributed by atoms with Gasteiger partial charge >= 0.3 is 0 Å². The maximum atomic E-state index is 14.8. The van der Waals surface area contributed by atoms with Gasteiger partial charge in [0.15, 0.2) is 0 Å². The van der Waals surface area contributed by atoms with Gasteiger partial charge < -0.3 is 15.4 Å². The number of rotatable bonds is 10. The van der Waals surface area contributed by atoms with Gasteiger partial charge in [0.2, 0.25) is 12.3 Å². The van der Waals surface area contributed by atoms with Crippen LogP contribution in [0.2, 0.25) is 0 Å². The molecule has 1 unspecified atom stereocenters. The van der Waals surface area contributed by atoms with Crippen LogP contribution in [0.4, 0.5) is 14.5 Å². The maximum Gasteiger partial charge on any atom is 0.287 e. The van der Waals surface area contributed by atoms with Gasteiger partial charge in [-0.15, -0.1) is 0 Å². The molecule has 10 heteroatoms. The van der Waals surface area contributed by atoms with Gasteiger partial charge in [0.05, 0.1) is 17.7 Å². The Hall–Kier alpha value is -4.26. The number of hydrogen-bond donors (Lipinski definition) is 2. The van der Waals surface area contributed by atoms with E-state index in [0.29, 0.717) is 36.5 Å². The molecule has 2 amide bonds. The molecular weight excluding hydrogens is 480 g/mol. The van der Waals surface area contributed by atoms with Gasteiger partial charge in [-0.3, -0.25) is 14.9 Å². The summed E-state index contributed by atoms with van der Waals surface area (Å²) < 4.78 is 35.3. The van der Waals surface area contributed by atoms with E-state index in [-0.39, 0.29) is 36.9 Å². The summed E-state index contributed by atoms with van der Waals surface area (Å²) in [5.74, 6) is -1.89. The lowest BCUT2D eigenvalue weighted by molar-refractivity contribution is -0.125. The largest absolute Gasteiger partial charge is 0.426 e. The lowest BCUT2D eigenvalue weighted by Crippen LogP contribution is -2.50.